The van der Waals surface area contributed by atoms with Crippen LogP contribution in [0.4, 0.5) is 0 Å². The maximum absolute atomic E-state index is 12.3. The Labute approximate surface area is 166 Å². The minimum atomic E-state index is -0.336. The van der Waals surface area contributed by atoms with E-state index in [0.29, 0.717) is 24.5 Å². The van der Waals surface area contributed by atoms with E-state index >= 15 is 0 Å². The molecule has 0 spiro atoms. The van der Waals surface area contributed by atoms with Crippen molar-refractivity contribution in [2.75, 3.05) is 13.2 Å². The predicted molar refractivity (Wildman–Crippen MR) is 110 cm³/mol. The highest BCUT2D eigenvalue weighted by Crippen LogP contribution is 2.25. The Morgan fingerprint density at radius 2 is 1.75 bits per heavy atom. The van der Waals surface area contributed by atoms with Gasteiger partial charge in [0, 0.05) is 5.56 Å². The summed E-state index contributed by atoms with van der Waals surface area (Å²) in [6.07, 6.45) is 6.56. The zero-order chi connectivity index (χ0) is 19.8. The Kier molecular flexibility index (Phi) is 7.01. The summed E-state index contributed by atoms with van der Waals surface area (Å²) in [5.74, 6) is 0.308. The van der Waals surface area contributed by atoms with Crippen LogP contribution in [0.5, 0.6) is 5.75 Å². The molecule has 2 aromatic rings. The molecule has 2 aromatic carbocycles. The molecule has 1 aliphatic heterocycles. The number of cyclic esters (lactones) is 1. The minimum absolute atomic E-state index is 0.0716. The lowest BCUT2D eigenvalue weighted by Gasteiger charge is -2.13. The second kappa shape index (κ2) is 9.88. The van der Waals surface area contributed by atoms with Crippen LogP contribution in [-0.4, -0.2) is 25.0 Å². The van der Waals surface area contributed by atoms with Crippen molar-refractivity contribution in [1.82, 2.24) is 0 Å². The molecule has 28 heavy (non-hydrogen) atoms. The molecule has 3 rings (SSSR count). The van der Waals surface area contributed by atoms with Gasteiger partial charge in [-0.1, -0.05) is 36.4 Å². The average Bonchev–Trinajstić information content (AvgIpc) is 2.71. The molecule has 0 N–H and O–H groups in total. The fourth-order valence-electron chi connectivity index (χ4n) is 3.27. The summed E-state index contributed by atoms with van der Waals surface area (Å²) in [6, 6.07) is 15.0. The number of para-hydroxylation sites is 1. The summed E-state index contributed by atoms with van der Waals surface area (Å²) in [6.45, 7) is 2.50. The van der Waals surface area contributed by atoms with Crippen molar-refractivity contribution in [3.05, 3.63) is 71.3 Å². The number of ether oxygens (including phenoxy) is 2. The van der Waals surface area contributed by atoms with Gasteiger partial charge in [0.1, 0.15) is 11.3 Å². The first-order valence-corrected chi connectivity index (χ1v) is 9.84. The lowest BCUT2D eigenvalue weighted by Crippen LogP contribution is -2.10. The lowest BCUT2D eigenvalue weighted by atomic mass is 9.96. The standard InChI is InChI=1S/C24H26O4/c1-18(25)20-11-8-12-21(17-20)19-9-4-6-15-27-23-14-3-2-13-22(23)24(26)28-16-7-5-10-19/h2-3,8-9,11-14,17H,4-7,10,15-16H2,1H3/b19-9+. The van der Waals surface area contributed by atoms with E-state index in [1.165, 1.54) is 5.57 Å². The van der Waals surface area contributed by atoms with Crippen molar-refractivity contribution in [3.63, 3.8) is 0 Å². The molecule has 1 heterocycles. The van der Waals surface area contributed by atoms with Gasteiger partial charge in [-0.05, 0) is 68.4 Å². The van der Waals surface area contributed by atoms with Gasteiger partial charge in [-0.15, -0.1) is 0 Å². The Morgan fingerprint density at radius 1 is 0.929 bits per heavy atom. The second-order valence-corrected chi connectivity index (χ2v) is 6.95. The fraction of sp³-hybridized carbons (Fsp3) is 0.333. The van der Waals surface area contributed by atoms with E-state index in [0.717, 1.165) is 43.2 Å². The van der Waals surface area contributed by atoms with Gasteiger partial charge in [0.15, 0.2) is 5.78 Å². The highest BCUT2D eigenvalue weighted by atomic mass is 16.5. The topological polar surface area (TPSA) is 52.6 Å². The minimum Gasteiger partial charge on any atom is -0.493 e. The number of Topliss-reactive ketones (excluding diaryl/α,β-unsaturated/α-hetero) is 1. The van der Waals surface area contributed by atoms with E-state index in [1.807, 2.05) is 36.4 Å². The molecular weight excluding hydrogens is 352 g/mol. The molecule has 0 bridgehead atoms. The Bertz CT molecular complexity index is 866. The third-order valence-electron chi connectivity index (χ3n) is 4.82. The zero-order valence-electron chi connectivity index (χ0n) is 16.3. The maximum atomic E-state index is 12.3. The van der Waals surface area contributed by atoms with Crippen molar-refractivity contribution >= 4 is 17.3 Å². The monoisotopic (exact) mass is 378 g/mol. The Balaban J connectivity index is 1.75. The van der Waals surface area contributed by atoms with Crippen LogP contribution in [0, 0.1) is 0 Å². The SMILES string of the molecule is CC(=O)c1cccc(/C2=C/CCCOc3ccccc3C(=O)OCCCC2)c1. The lowest BCUT2D eigenvalue weighted by molar-refractivity contribution is 0.0494. The van der Waals surface area contributed by atoms with E-state index in [-0.39, 0.29) is 11.8 Å². The number of hydrogen-bond acceptors (Lipinski definition) is 4. The summed E-state index contributed by atoms with van der Waals surface area (Å²) >= 11 is 0. The number of carbonyl (C=O) groups is 2. The first-order valence-electron chi connectivity index (χ1n) is 9.84. The van der Waals surface area contributed by atoms with Crippen molar-refractivity contribution in [2.24, 2.45) is 0 Å². The average molecular weight is 378 g/mol. The number of hydrogen-bond donors (Lipinski definition) is 0. The third-order valence-corrected chi connectivity index (χ3v) is 4.82. The summed E-state index contributed by atoms with van der Waals surface area (Å²) in [4.78, 5) is 24.0. The smallest absolute Gasteiger partial charge is 0.341 e. The van der Waals surface area contributed by atoms with E-state index in [1.54, 1.807) is 19.1 Å². The van der Waals surface area contributed by atoms with Gasteiger partial charge in [0.25, 0.3) is 0 Å². The van der Waals surface area contributed by atoms with Crippen LogP contribution in [0.1, 0.15) is 65.3 Å². The number of rotatable bonds is 2. The van der Waals surface area contributed by atoms with Crippen LogP contribution in [-0.2, 0) is 4.74 Å². The first-order chi connectivity index (χ1) is 13.6. The van der Waals surface area contributed by atoms with Gasteiger partial charge >= 0.3 is 5.97 Å². The summed E-state index contributed by atoms with van der Waals surface area (Å²) in [5, 5.41) is 0. The summed E-state index contributed by atoms with van der Waals surface area (Å²) < 4.78 is 11.2. The molecule has 0 saturated carbocycles. The van der Waals surface area contributed by atoms with Crippen LogP contribution in [0.3, 0.4) is 0 Å². The van der Waals surface area contributed by atoms with Gasteiger partial charge in [0.05, 0.1) is 13.2 Å². The number of fused-ring (bicyclic) bond motifs is 1. The van der Waals surface area contributed by atoms with Crippen LogP contribution in [0.15, 0.2) is 54.6 Å². The molecule has 4 heteroatoms. The number of esters is 1. The Morgan fingerprint density at radius 3 is 2.61 bits per heavy atom. The van der Waals surface area contributed by atoms with E-state index in [9.17, 15) is 9.59 Å². The Hall–Kier alpha value is -2.88. The van der Waals surface area contributed by atoms with Crippen molar-refractivity contribution in [2.45, 2.75) is 39.0 Å². The van der Waals surface area contributed by atoms with Gasteiger partial charge in [-0.25, -0.2) is 4.79 Å². The molecular formula is C24H26O4. The van der Waals surface area contributed by atoms with Crippen molar-refractivity contribution in [3.8, 4) is 5.75 Å². The molecule has 0 saturated heterocycles. The molecule has 0 aliphatic carbocycles. The summed E-state index contributed by atoms with van der Waals surface area (Å²) in [5.41, 5.74) is 3.53. The van der Waals surface area contributed by atoms with Crippen molar-refractivity contribution < 1.29 is 19.1 Å². The van der Waals surface area contributed by atoms with Gasteiger partial charge in [-0.2, -0.15) is 0 Å². The van der Waals surface area contributed by atoms with E-state index in [4.69, 9.17) is 9.47 Å². The molecule has 0 unspecified atom stereocenters. The number of allylic oxidation sites excluding steroid dienone is 2. The molecule has 0 aromatic heterocycles. The van der Waals surface area contributed by atoms with Crippen molar-refractivity contribution in [1.29, 1.82) is 0 Å². The number of ketones is 1. The molecule has 0 atom stereocenters. The van der Waals surface area contributed by atoms with E-state index in [2.05, 4.69) is 6.08 Å². The molecule has 4 nitrogen and oxygen atoms in total. The van der Waals surface area contributed by atoms with Crippen LogP contribution < -0.4 is 4.74 Å². The van der Waals surface area contributed by atoms with Gasteiger partial charge in [-0.3, -0.25) is 4.79 Å². The zero-order valence-corrected chi connectivity index (χ0v) is 16.3. The van der Waals surface area contributed by atoms with Crippen LogP contribution in [0.2, 0.25) is 0 Å². The predicted octanol–water partition coefficient (Wildman–Crippen LogP) is 5.47. The molecule has 0 amide bonds. The van der Waals surface area contributed by atoms with Gasteiger partial charge < -0.3 is 9.47 Å². The van der Waals surface area contributed by atoms with Gasteiger partial charge in [0.2, 0.25) is 0 Å². The highest BCUT2D eigenvalue weighted by molar-refractivity contribution is 5.95. The third kappa shape index (κ3) is 5.32. The molecule has 0 radical (unpaired) electrons. The summed E-state index contributed by atoms with van der Waals surface area (Å²) in [7, 11) is 0. The molecule has 146 valence electrons. The normalized spacial score (nSPS) is 17.9. The highest BCUT2D eigenvalue weighted by Gasteiger charge is 2.14. The fourth-order valence-corrected chi connectivity index (χ4v) is 3.27. The largest absolute Gasteiger partial charge is 0.493 e. The molecule has 0 fully saturated rings. The number of benzene rings is 2. The molecule has 1 aliphatic rings. The second-order valence-electron chi connectivity index (χ2n) is 6.95. The first kappa shape index (κ1) is 19.9. The van der Waals surface area contributed by atoms with Crippen LogP contribution >= 0.6 is 0 Å². The van der Waals surface area contributed by atoms with E-state index < -0.39 is 0 Å². The number of carbonyl (C=O) groups excluding carboxylic acids is 2. The quantitative estimate of drug-likeness (QED) is 0.513. The van der Waals surface area contributed by atoms with Crippen LogP contribution in [0.25, 0.3) is 5.57 Å². The maximum Gasteiger partial charge on any atom is 0.341 e.